The fourth-order valence-electron chi connectivity index (χ4n) is 1.77. The molecule has 0 radical (unpaired) electrons. The second kappa shape index (κ2) is 3.92. The maximum absolute atomic E-state index is 11.2. The number of nitrogens with zero attached hydrogens (tertiary/aromatic N) is 4. The fourth-order valence-corrected chi connectivity index (χ4v) is 1.77. The molecule has 6 heteroatoms. The Kier molecular flexibility index (Phi) is 2.26. The number of carbonyl (C=O) groups is 1. The number of pyridine rings is 2. The van der Waals surface area contributed by atoms with Gasteiger partial charge in [-0.1, -0.05) is 12.1 Å². The summed E-state index contributed by atoms with van der Waals surface area (Å²) < 4.78 is 1.48. The highest BCUT2D eigenvalue weighted by molar-refractivity contribution is 5.87. The van der Waals surface area contributed by atoms with E-state index < -0.39 is 5.97 Å². The number of aromatic nitrogens is 4. The van der Waals surface area contributed by atoms with Crippen molar-refractivity contribution < 1.29 is 9.90 Å². The Balaban J connectivity index is 2.35. The van der Waals surface area contributed by atoms with Gasteiger partial charge in [-0.25, -0.2) is 4.79 Å². The Hall–Kier alpha value is -2.76. The van der Waals surface area contributed by atoms with Crippen LogP contribution in [0.5, 0.6) is 0 Å². The fraction of sp³-hybridized carbons (Fsp3) is 0. The van der Waals surface area contributed by atoms with Crippen LogP contribution >= 0.6 is 0 Å². The summed E-state index contributed by atoms with van der Waals surface area (Å²) in [5, 5.41) is 17.1. The standard InChI is InChI=1S/C12H8N4O2/c17-12(18)9-5-3-6-10-14-15-11(16(9)10)8-4-1-2-7-13-8/h1-7H,(H,17,18). The summed E-state index contributed by atoms with van der Waals surface area (Å²) in [7, 11) is 0. The maximum atomic E-state index is 11.2. The van der Waals surface area contributed by atoms with Crippen molar-refractivity contribution in [2.24, 2.45) is 0 Å². The summed E-state index contributed by atoms with van der Waals surface area (Å²) in [5.41, 5.74) is 1.17. The molecular formula is C12H8N4O2. The van der Waals surface area contributed by atoms with Gasteiger partial charge in [-0.15, -0.1) is 10.2 Å². The first kappa shape index (κ1) is 10.4. The minimum absolute atomic E-state index is 0.109. The van der Waals surface area contributed by atoms with Gasteiger partial charge in [-0.2, -0.15) is 0 Å². The number of aromatic carboxylic acids is 1. The van der Waals surface area contributed by atoms with Crippen molar-refractivity contribution in [1.82, 2.24) is 19.6 Å². The van der Waals surface area contributed by atoms with Crippen LogP contribution in [0.4, 0.5) is 0 Å². The first-order chi connectivity index (χ1) is 8.77. The summed E-state index contributed by atoms with van der Waals surface area (Å²) in [4.78, 5) is 15.4. The average molecular weight is 240 g/mol. The molecule has 3 aromatic heterocycles. The van der Waals surface area contributed by atoms with E-state index in [2.05, 4.69) is 15.2 Å². The first-order valence-electron chi connectivity index (χ1n) is 5.26. The van der Waals surface area contributed by atoms with Crippen molar-refractivity contribution in [3.05, 3.63) is 48.3 Å². The number of hydrogen-bond acceptors (Lipinski definition) is 4. The summed E-state index contributed by atoms with van der Waals surface area (Å²) in [6.45, 7) is 0. The van der Waals surface area contributed by atoms with Crippen molar-refractivity contribution in [3.63, 3.8) is 0 Å². The van der Waals surface area contributed by atoms with Gasteiger partial charge in [0.1, 0.15) is 11.4 Å². The van der Waals surface area contributed by atoms with E-state index in [0.29, 0.717) is 17.2 Å². The molecular weight excluding hydrogens is 232 g/mol. The summed E-state index contributed by atoms with van der Waals surface area (Å²) in [6.07, 6.45) is 1.62. The number of fused-ring (bicyclic) bond motifs is 1. The molecule has 6 nitrogen and oxygen atoms in total. The van der Waals surface area contributed by atoms with Crippen LogP contribution < -0.4 is 0 Å². The highest BCUT2D eigenvalue weighted by Gasteiger charge is 2.15. The third-order valence-electron chi connectivity index (χ3n) is 2.54. The lowest BCUT2D eigenvalue weighted by Crippen LogP contribution is -2.06. The SMILES string of the molecule is O=C(O)c1cccc2nnc(-c3ccccn3)n12. The predicted octanol–water partition coefficient (Wildman–Crippen LogP) is 1.49. The molecule has 0 aromatic carbocycles. The number of carboxylic acid groups (broad SMARTS) is 1. The number of carboxylic acids is 1. The van der Waals surface area contributed by atoms with Gasteiger partial charge in [0.2, 0.25) is 0 Å². The summed E-state index contributed by atoms with van der Waals surface area (Å²) in [5.74, 6) is -0.610. The molecule has 88 valence electrons. The topological polar surface area (TPSA) is 80.4 Å². The first-order valence-corrected chi connectivity index (χ1v) is 5.26. The van der Waals surface area contributed by atoms with Crippen LogP contribution in [0.15, 0.2) is 42.6 Å². The Morgan fingerprint density at radius 3 is 2.72 bits per heavy atom. The molecule has 0 spiro atoms. The number of hydrogen-bond donors (Lipinski definition) is 1. The zero-order valence-corrected chi connectivity index (χ0v) is 9.19. The van der Waals surface area contributed by atoms with E-state index in [0.717, 1.165) is 0 Å². The Morgan fingerprint density at radius 1 is 1.11 bits per heavy atom. The third kappa shape index (κ3) is 1.51. The second-order valence-corrected chi connectivity index (χ2v) is 3.65. The van der Waals surface area contributed by atoms with Gasteiger partial charge in [-0.3, -0.25) is 9.38 Å². The number of rotatable bonds is 2. The van der Waals surface area contributed by atoms with E-state index in [4.69, 9.17) is 0 Å². The van der Waals surface area contributed by atoms with Crippen LogP contribution in [0.25, 0.3) is 17.2 Å². The zero-order valence-electron chi connectivity index (χ0n) is 9.19. The molecule has 3 heterocycles. The lowest BCUT2D eigenvalue weighted by atomic mass is 10.3. The van der Waals surface area contributed by atoms with Gasteiger partial charge in [0.05, 0.1) is 0 Å². The molecule has 0 fully saturated rings. The smallest absolute Gasteiger partial charge is 0.352 e. The van der Waals surface area contributed by atoms with Crippen molar-refractivity contribution in [1.29, 1.82) is 0 Å². The molecule has 3 rings (SSSR count). The maximum Gasteiger partial charge on any atom is 0.352 e. The molecule has 0 aliphatic rings. The van der Waals surface area contributed by atoms with E-state index in [-0.39, 0.29) is 5.69 Å². The van der Waals surface area contributed by atoms with Crippen molar-refractivity contribution >= 4 is 11.6 Å². The van der Waals surface area contributed by atoms with E-state index in [1.54, 1.807) is 30.5 Å². The normalized spacial score (nSPS) is 10.7. The van der Waals surface area contributed by atoms with Crippen molar-refractivity contribution in [2.75, 3.05) is 0 Å². The zero-order chi connectivity index (χ0) is 12.5. The quantitative estimate of drug-likeness (QED) is 0.734. The molecule has 0 aliphatic heterocycles. The molecule has 0 unspecified atom stereocenters. The highest BCUT2D eigenvalue weighted by Crippen LogP contribution is 2.17. The van der Waals surface area contributed by atoms with Crippen LogP contribution in [0, 0.1) is 0 Å². The summed E-state index contributed by atoms with van der Waals surface area (Å²) >= 11 is 0. The van der Waals surface area contributed by atoms with Crippen LogP contribution in [-0.4, -0.2) is 30.7 Å². The molecule has 0 bridgehead atoms. The van der Waals surface area contributed by atoms with Gasteiger partial charge in [-0.05, 0) is 24.3 Å². The average Bonchev–Trinajstić information content (AvgIpc) is 2.83. The predicted molar refractivity (Wildman–Crippen MR) is 63.2 cm³/mol. The molecule has 1 N–H and O–H groups in total. The van der Waals surface area contributed by atoms with Crippen LogP contribution in [-0.2, 0) is 0 Å². The van der Waals surface area contributed by atoms with E-state index in [9.17, 15) is 9.90 Å². The summed E-state index contributed by atoms with van der Waals surface area (Å²) in [6, 6.07) is 10.2. The van der Waals surface area contributed by atoms with Crippen LogP contribution in [0.2, 0.25) is 0 Å². The third-order valence-corrected chi connectivity index (χ3v) is 2.54. The Bertz CT molecular complexity index is 721. The van der Waals surface area contributed by atoms with Crippen molar-refractivity contribution in [3.8, 4) is 11.5 Å². The van der Waals surface area contributed by atoms with Gasteiger partial charge in [0.15, 0.2) is 11.5 Å². The van der Waals surface area contributed by atoms with Crippen LogP contribution in [0.3, 0.4) is 0 Å². The van der Waals surface area contributed by atoms with Gasteiger partial charge < -0.3 is 5.11 Å². The molecule has 3 aromatic rings. The lowest BCUT2D eigenvalue weighted by molar-refractivity contribution is 0.0689. The molecule has 0 saturated carbocycles. The minimum atomic E-state index is -1.03. The highest BCUT2D eigenvalue weighted by atomic mass is 16.4. The molecule has 0 aliphatic carbocycles. The monoisotopic (exact) mass is 240 g/mol. The molecule has 0 amide bonds. The van der Waals surface area contributed by atoms with Gasteiger partial charge in [0, 0.05) is 6.20 Å². The Morgan fingerprint density at radius 2 is 2.00 bits per heavy atom. The van der Waals surface area contributed by atoms with E-state index in [1.165, 1.54) is 10.5 Å². The van der Waals surface area contributed by atoms with Gasteiger partial charge in [0.25, 0.3) is 0 Å². The van der Waals surface area contributed by atoms with Gasteiger partial charge >= 0.3 is 5.97 Å². The van der Waals surface area contributed by atoms with Crippen molar-refractivity contribution in [2.45, 2.75) is 0 Å². The van der Waals surface area contributed by atoms with E-state index >= 15 is 0 Å². The minimum Gasteiger partial charge on any atom is -0.477 e. The van der Waals surface area contributed by atoms with E-state index in [1.807, 2.05) is 6.07 Å². The molecule has 18 heavy (non-hydrogen) atoms. The largest absolute Gasteiger partial charge is 0.477 e. The lowest BCUT2D eigenvalue weighted by Gasteiger charge is -2.02. The Labute approximate surface area is 102 Å². The molecule has 0 saturated heterocycles. The second-order valence-electron chi connectivity index (χ2n) is 3.65. The molecule has 0 atom stereocenters. The van der Waals surface area contributed by atoms with Crippen LogP contribution in [0.1, 0.15) is 10.5 Å².